The molecule has 0 saturated carbocycles. The molecule has 3 heterocycles. The van der Waals surface area contributed by atoms with Gasteiger partial charge in [-0.05, 0) is 61.6 Å². The molecule has 2 aromatic rings. The number of halogens is 1. The minimum Gasteiger partial charge on any atom is -0.496 e. The van der Waals surface area contributed by atoms with Crippen LogP contribution >= 0.6 is 11.6 Å². The van der Waals surface area contributed by atoms with Gasteiger partial charge in [0.25, 0.3) is 5.91 Å². The topological polar surface area (TPSA) is 45.7 Å². The number of amides is 1. The zero-order valence-corrected chi connectivity index (χ0v) is 17.4. The van der Waals surface area contributed by atoms with Crippen molar-refractivity contribution in [1.82, 2.24) is 14.8 Å². The van der Waals surface area contributed by atoms with Crippen LogP contribution in [0.3, 0.4) is 0 Å². The molecule has 1 aromatic heterocycles. The van der Waals surface area contributed by atoms with Gasteiger partial charge in [-0.25, -0.2) is 4.98 Å². The molecule has 0 aliphatic carbocycles. The maximum atomic E-state index is 12.8. The zero-order chi connectivity index (χ0) is 19.8. The molecular formula is C22H26ClN3O2. The van der Waals surface area contributed by atoms with Gasteiger partial charge in [-0.1, -0.05) is 17.7 Å². The number of hydrogen-bond acceptors (Lipinski definition) is 4. The summed E-state index contributed by atoms with van der Waals surface area (Å²) in [6, 6.07) is 8.55. The van der Waals surface area contributed by atoms with Crippen molar-refractivity contribution >= 4 is 17.5 Å². The number of methoxy groups -OCH3 is 1. The third kappa shape index (κ3) is 3.38. The van der Waals surface area contributed by atoms with E-state index >= 15 is 0 Å². The van der Waals surface area contributed by atoms with E-state index < -0.39 is 0 Å². The fourth-order valence-electron chi connectivity index (χ4n) is 4.66. The summed E-state index contributed by atoms with van der Waals surface area (Å²) in [4.78, 5) is 21.4. The Morgan fingerprint density at radius 1 is 1.14 bits per heavy atom. The molecule has 0 N–H and O–H groups in total. The van der Waals surface area contributed by atoms with Gasteiger partial charge >= 0.3 is 0 Å². The molecule has 0 unspecified atom stereocenters. The number of aromatic nitrogens is 1. The second kappa shape index (κ2) is 7.72. The Balaban J connectivity index is 1.49. The highest BCUT2D eigenvalue weighted by Crippen LogP contribution is 2.41. The second-order valence-corrected chi connectivity index (χ2v) is 8.10. The first-order valence-electron chi connectivity index (χ1n) is 9.80. The summed E-state index contributed by atoms with van der Waals surface area (Å²) in [5.74, 6) is 0.992. The van der Waals surface area contributed by atoms with Gasteiger partial charge in [-0.2, -0.15) is 0 Å². The first-order chi connectivity index (χ1) is 13.5. The van der Waals surface area contributed by atoms with Crippen LogP contribution in [0.4, 0.5) is 0 Å². The third-order valence-corrected chi connectivity index (χ3v) is 6.55. The molecule has 5 nitrogen and oxygen atoms in total. The molecular weight excluding hydrogens is 374 g/mol. The van der Waals surface area contributed by atoms with Crippen LogP contribution in [0.2, 0.25) is 5.15 Å². The highest BCUT2D eigenvalue weighted by Gasteiger charge is 2.40. The molecule has 0 bridgehead atoms. The Morgan fingerprint density at radius 2 is 1.96 bits per heavy atom. The minimum absolute atomic E-state index is 0.0451. The highest BCUT2D eigenvalue weighted by molar-refractivity contribution is 6.29. The second-order valence-electron chi connectivity index (χ2n) is 7.71. The number of benzene rings is 1. The quantitative estimate of drug-likeness (QED) is 0.731. The molecule has 0 radical (unpaired) electrons. The van der Waals surface area contributed by atoms with Gasteiger partial charge in [0.2, 0.25) is 0 Å². The lowest BCUT2D eigenvalue weighted by Crippen LogP contribution is -2.52. The average molecular weight is 400 g/mol. The first kappa shape index (κ1) is 19.2. The number of carbonyl (C=O) groups is 1. The van der Waals surface area contributed by atoms with Crippen molar-refractivity contribution in [3.05, 3.63) is 57.9 Å². The van der Waals surface area contributed by atoms with Crippen LogP contribution < -0.4 is 4.74 Å². The third-order valence-electron chi connectivity index (χ3n) is 6.32. The van der Waals surface area contributed by atoms with E-state index in [-0.39, 0.29) is 5.91 Å². The van der Waals surface area contributed by atoms with Crippen molar-refractivity contribution in [1.29, 1.82) is 0 Å². The first-order valence-corrected chi connectivity index (χ1v) is 10.2. The molecule has 6 heteroatoms. The van der Waals surface area contributed by atoms with Gasteiger partial charge in [0.1, 0.15) is 10.9 Å². The largest absolute Gasteiger partial charge is 0.496 e. The van der Waals surface area contributed by atoms with E-state index in [9.17, 15) is 4.79 Å². The van der Waals surface area contributed by atoms with Crippen molar-refractivity contribution in [3.63, 3.8) is 0 Å². The van der Waals surface area contributed by atoms with Gasteiger partial charge in [0, 0.05) is 37.9 Å². The van der Waals surface area contributed by atoms with E-state index in [4.69, 9.17) is 16.3 Å². The smallest absolute Gasteiger partial charge is 0.255 e. The number of piperazine rings is 1. The van der Waals surface area contributed by atoms with Gasteiger partial charge in [-0.15, -0.1) is 0 Å². The van der Waals surface area contributed by atoms with Crippen LogP contribution in [-0.4, -0.2) is 53.5 Å². The number of rotatable bonds is 3. The Morgan fingerprint density at radius 3 is 2.68 bits per heavy atom. The monoisotopic (exact) mass is 399 g/mol. The van der Waals surface area contributed by atoms with Crippen molar-refractivity contribution in [2.75, 3.05) is 26.7 Å². The molecule has 2 atom stereocenters. The molecule has 0 spiro atoms. The minimum atomic E-state index is 0.0451. The summed E-state index contributed by atoms with van der Waals surface area (Å²) in [6.45, 7) is 6.72. The van der Waals surface area contributed by atoms with Crippen LogP contribution in [0.25, 0.3) is 0 Å². The van der Waals surface area contributed by atoms with E-state index in [2.05, 4.69) is 35.9 Å². The summed E-state index contributed by atoms with van der Waals surface area (Å²) in [5, 5.41) is 0.408. The SMILES string of the molecule is COc1ccc([C@H]2CC[C@H]3CN(C(=O)c4ccc(Cl)nc4)CCN32)c(C)c1C. The van der Waals surface area contributed by atoms with Crippen molar-refractivity contribution in [2.45, 2.75) is 38.8 Å². The van der Waals surface area contributed by atoms with Gasteiger partial charge < -0.3 is 9.64 Å². The average Bonchev–Trinajstić information content (AvgIpc) is 3.13. The maximum absolute atomic E-state index is 12.8. The molecule has 4 rings (SSSR count). The molecule has 1 aromatic carbocycles. The maximum Gasteiger partial charge on any atom is 0.255 e. The van der Waals surface area contributed by atoms with Crippen LogP contribution in [0, 0.1) is 13.8 Å². The van der Waals surface area contributed by atoms with E-state index in [1.807, 2.05) is 4.90 Å². The summed E-state index contributed by atoms with van der Waals surface area (Å²) in [7, 11) is 1.72. The number of fused-ring (bicyclic) bond motifs is 1. The number of ether oxygens (including phenoxy) is 1. The number of pyridine rings is 1. The zero-order valence-electron chi connectivity index (χ0n) is 16.6. The van der Waals surface area contributed by atoms with Crippen LogP contribution in [-0.2, 0) is 0 Å². The van der Waals surface area contributed by atoms with Gasteiger partial charge in [0.15, 0.2) is 0 Å². The standard InChI is InChI=1S/C22H26ClN3O2/c1-14-15(2)20(28-3)8-6-18(14)19-7-5-17-13-25(10-11-26(17)19)22(27)16-4-9-21(23)24-12-16/h4,6,8-9,12,17,19H,5,7,10-11,13H2,1-3H3/t17-,19+/m0/s1. The number of nitrogens with zero attached hydrogens (tertiary/aromatic N) is 3. The molecule has 2 saturated heterocycles. The Labute approximate surface area is 171 Å². The molecule has 28 heavy (non-hydrogen) atoms. The molecule has 1 amide bonds. The molecule has 148 valence electrons. The Bertz CT molecular complexity index is 884. The summed E-state index contributed by atoms with van der Waals surface area (Å²) < 4.78 is 5.47. The van der Waals surface area contributed by atoms with E-state index in [1.165, 1.54) is 16.7 Å². The van der Waals surface area contributed by atoms with Gasteiger partial charge in [-0.3, -0.25) is 9.69 Å². The van der Waals surface area contributed by atoms with E-state index in [0.29, 0.717) is 22.8 Å². The van der Waals surface area contributed by atoms with Gasteiger partial charge in [0.05, 0.1) is 12.7 Å². The molecule has 2 aliphatic heterocycles. The highest BCUT2D eigenvalue weighted by atomic mass is 35.5. The summed E-state index contributed by atoms with van der Waals surface area (Å²) in [6.07, 6.45) is 3.80. The molecule has 2 fully saturated rings. The van der Waals surface area contributed by atoms with Crippen LogP contribution in [0.15, 0.2) is 30.5 Å². The fraction of sp³-hybridized carbons (Fsp3) is 0.455. The van der Waals surface area contributed by atoms with Crippen LogP contribution in [0.1, 0.15) is 45.9 Å². The summed E-state index contributed by atoms with van der Waals surface area (Å²) in [5.41, 5.74) is 4.53. The lowest BCUT2D eigenvalue weighted by molar-refractivity contribution is 0.0497. The lowest BCUT2D eigenvalue weighted by Gasteiger charge is -2.40. The van der Waals surface area contributed by atoms with Crippen molar-refractivity contribution in [2.24, 2.45) is 0 Å². The number of carbonyl (C=O) groups excluding carboxylic acids is 1. The van der Waals surface area contributed by atoms with Crippen molar-refractivity contribution in [3.8, 4) is 5.75 Å². The van der Waals surface area contributed by atoms with Crippen molar-refractivity contribution < 1.29 is 9.53 Å². The normalized spacial score (nSPS) is 22.2. The Hall–Kier alpha value is -2.11. The summed E-state index contributed by atoms with van der Waals surface area (Å²) >= 11 is 5.84. The predicted molar refractivity (Wildman–Crippen MR) is 110 cm³/mol. The predicted octanol–water partition coefficient (Wildman–Crippen LogP) is 4.02. The number of hydrogen-bond donors (Lipinski definition) is 0. The van der Waals surface area contributed by atoms with Crippen LogP contribution in [0.5, 0.6) is 5.75 Å². The lowest BCUT2D eigenvalue weighted by atomic mass is 9.95. The Kier molecular flexibility index (Phi) is 5.30. The van der Waals surface area contributed by atoms with E-state index in [0.717, 1.165) is 38.2 Å². The molecule has 2 aliphatic rings. The fourth-order valence-corrected chi connectivity index (χ4v) is 4.77. The van der Waals surface area contributed by atoms with E-state index in [1.54, 1.807) is 25.4 Å².